The van der Waals surface area contributed by atoms with Crippen LogP contribution in [0.15, 0.2) is 60.9 Å². The minimum atomic E-state index is 0.299. The topological polar surface area (TPSA) is 38.2 Å². The fourth-order valence-corrected chi connectivity index (χ4v) is 5.53. The Labute approximate surface area is 234 Å². The van der Waals surface area contributed by atoms with Crippen molar-refractivity contribution in [2.45, 2.75) is 73.6 Å². The molecule has 0 bridgehead atoms. The normalized spacial score (nSPS) is 14.6. The lowest BCUT2D eigenvalue weighted by Crippen LogP contribution is -2.36. The van der Waals surface area contributed by atoms with Gasteiger partial charge < -0.3 is 4.74 Å². The maximum atomic E-state index is 6.37. The number of aromatic nitrogens is 2. The molecule has 1 aliphatic heterocycles. The predicted octanol–water partition coefficient (Wildman–Crippen LogP) is 7.84. The van der Waals surface area contributed by atoms with E-state index < -0.39 is 0 Å². The fraction of sp³-hybridized carbons (Fsp3) is 0.371. The van der Waals surface area contributed by atoms with Crippen LogP contribution in [0.4, 0.5) is 0 Å². The van der Waals surface area contributed by atoms with E-state index in [-0.39, 0.29) is 0 Å². The smallest absolute Gasteiger partial charge is 0.0721 e. The largest absolute Gasteiger partial charge is 0.373 e. The number of hydrogen-bond acceptors (Lipinski definition) is 4. The van der Waals surface area contributed by atoms with Crippen molar-refractivity contribution in [1.29, 1.82) is 0 Å². The van der Waals surface area contributed by atoms with Crippen molar-refractivity contribution >= 4 is 0 Å². The van der Waals surface area contributed by atoms with Gasteiger partial charge in [0, 0.05) is 43.2 Å². The first-order valence-corrected chi connectivity index (χ1v) is 14.2. The SMILES string of the molecule is Cc1cc(-c2cc(COC3CCN(Cc4ccnc(-c5cc(C)c(C)c(C)c5)c4)CC3)ccn2)cc(C)c1C. The molecule has 0 radical (unpaired) electrons. The molecule has 4 nitrogen and oxygen atoms in total. The number of pyridine rings is 2. The number of hydrogen-bond donors (Lipinski definition) is 0. The Morgan fingerprint density at radius 2 is 1.13 bits per heavy atom. The van der Waals surface area contributed by atoms with Crippen LogP contribution in [0.3, 0.4) is 0 Å². The van der Waals surface area contributed by atoms with Crippen LogP contribution in [0.5, 0.6) is 0 Å². The van der Waals surface area contributed by atoms with Gasteiger partial charge in [-0.25, -0.2) is 0 Å². The third-order valence-corrected chi connectivity index (χ3v) is 8.52. The van der Waals surface area contributed by atoms with E-state index in [4.69, 9.17) is 4.74 Å². The molecule has 0 atom stereocenters. The Bertz CT molecular complexity index is 1420. The highest BCUT2D eigenvalue weighted by Crippen LogP contribution is 2.26. The second-order valence-corrected chi connectivity index (χ2v) is 11.4. The van der Waals surface area contributed by atoms with Crippen LogP contribution in [0, 0.1) is 41.5 Å². The Kier molecular flexibility index (Phi) is 8.25. The molecule has 4 aromatic rings. The van der Waals surface area contributed by atoms with Gasteiger partial charge in [0.05, 0.1) is 24.1 Å². The van der Waals surface area contributed by atoms with Gasteiger partial charge in [0.2, 0.25) is 0 Å². The van der Waals surface area contributed by atoms with Crippen LogP contribution in [-0.2, 0) is 17.9 Å². The Morgan fingerprint density at radius 3 is 1.64 bits per heavy atom. The molecule has 0 unspecified atom stereocenters. The molecule has 0 aliphatic carbocycles. The second kappa shape index (κ2) is 11.8. The van der Waals surface area contributed by atoms with Crippen molar-refractivity contribution in [2.24, 2.45) is 0 Å². The highest BCUT2D eigenvalue weighted by Gasteiger charge is 2.20. The van der Waals surface area contributed by atoms with E-state index in [0.29, 0.717) is 12.7 Å². The molecule has 2 aromatic carbocycles. The van der Waals surface area contributed by atoms with Crippen molar-refractivity contribution in [1.82, 2.24) is 14.9 Å². The molecule has 3 heterocycles. The summed E-state index contributed by atoms with van der Waals surface area (Å²) in [5.41, 5.74) is 14.9. The number of nitrogens with zero attached hydrogens (tertiary/aromatic N) is 3. The van der Waals surface area contributed by atoms with Gasteiger partial charge in [-0.05, 0) is 147 Å². The number of ether oxygens (including phenoxy) is 1. The maximum Gasteiger partial charge on any atom is 0.0721 e. The summed E-state index contributed by atoms with van der Waals surface area (Å²) in [5, 5.41) is 0. The molecule has 0 N–H and O–H groups in total. The van der Waals surface area contributed by atoms with Gasteiger partial charge in [-0.15, -0.1) is 0 Å². The van der Waals surface area contributed by atoms with Crippen LogP contribution < -0.4 is 0 Å². The molecule has 1 saturated heterocycles. The summed E-state index contributed by atoms with van der Waals surface area (Å²) < 4.78 is 6.37. The predicted molar refractivity (Wildman–Crippen MR) is 161 cm³/mol. The lowest BCUT2D eigenvalue weighted by Gasteiger charge is -2.32. The van der Waals surface area contributed by atoms with Crippen molar-refractivity contribution < 1.29 is 4.74 Å². The monoisotopic (exact) mass is 519 g/mol. The zero-order chi connectivity index (χ0) is 27.5. The van der Waals surface area contributed by atoms with Gasteiger partial charge in [-0.1, -0.05) is 0 Å². The Balaban J connectivity index is 1.15. The van der Waals surface area contributed by atoms with Crippen molar-refractivity contribution in [2.75, 3.05) is 13.1 Å². The van der Waals surface area contributed by atoms with Crippen molar-refractivity contribution in [3.8, 4) is 22.5 Å². The van der Waals surface area contributed by atoms with Gasteiger partial charge >= 0.3 is 0 Å². The zero-order valence-corrected chi connectivity index (χ0v) is 24.3. The quantitative estimate of drug-likeness (QED) is 0.249. The molecule has 0 saturated carbocycles. The molecular weight excluding hydrogens is 478 g/mol. The maximum absolute atomic E-state index is 6.37. The average molecular weight is 520 g/mol. The minimum absolute atomic E-state index is 0.299. The van der Waals surface area contributed by atoms with Crippen LogP contribution in [0.25, 0.3) is 22.5 Å². The highest BCUT2D eigenvalue weighted by atomic mass is 16.5. The number of piperidine rings is 1. The molecule has 4 heteroatoms. The molecular formula is C35H41N3O. The zero-order valence-electron chi connectivity index (χ0n) is 24.3. The van der Waals surface area contributed by atoms with Gasteiger partial charge in [0.1, 0.15) is 0 Å². The lowest BCUT2D eigenvalue weighted by atomic mass is 9.98. The molecule has 1 fully saturated rings. The summed E-state index contributed by atoms with van der Waals surface area (Å²) in [5.74, 6) is 0. The molecule has 5 rings (SSSR count). The van der Waals surface area contributed by atoms with Crippen LogP contribution >= 0.6 is 0 Å². The molecule has 0 spiro atoms. The average Bonchev–Trinajstić information content (AvgIpc) is 2.94. The summed E-state index contributed by atoms with van der Waals surface area (Å²) >= 11 is 0. The number of aryl methyl sites for hydroxylation is 4. The summed E-state index contributed by atoms with van der Waals surface area (Å²) in [6, 6.07) is 17.6. The molecule has 0 amide bonds. The first-order chi connectivity index (χ1) is 18.8. The summed E-state index contributed by atoms with van der Waals surface area (Å²) in [4.78, 5) is 11.9. The van der Waals surface area contributed by atoms with Crippen LogP contribution in [0.2, 0.25) is 0 Å². The third kappa shape index (κ3) is 6.46. The van der Waals surface area contributed by atoms with Crippen LogP contribution in [0.1, 0.15) is 57.3 Å². The second-order valence-electron chi connectivity index (χ2n) is 11.4. The van der Waals surface area contributed by atoms with Gasteiger partial charge in [0.25, 0.3) is 0 Å². The first-order valence-electron chi connectivity index (χ1n) is 14.2. The van der Waals surface area contributed by atoms with Gasteiger partial charge in [-0.3, -0.25) is 14.9 Å². The highest BCUT2D eigenvalue weighted by molar-refractivity contribution is 5.64. The van der Waals surface area contributed by atoms with E-state index in [1.54, 1.807) is 0 Å². The van der Waals surface area contributed by atoms with E-state index in [1.807, 2.05) is 12.4 Å². The van der Waals surface area contributed by atoms with Crippen LogP contribution in [-0.4, -0.2) is 34.1 Å². The van der Waals surface area contributed by atoms with E-state index in [1.165, 1.54) is 55.6 Å². The fourth-order valence-electron chi connectivity index (χ4n) is 5.53. The minimum Gasteiger partial charge on any atom is -0.373 e. The van der Waals surface area contributed by atoms with E-state index in [2.05, 4.69) is 105 Å². The lowest BCUT2D eigenvalue weighted by molar-refractivity contribution is -0.00395. The summed E-state index contributed by atoms with van der Waals surface area (Å²) in [7, 11) is 0. The van der Waals surface area contributed by atoms with E-state index >= 15 is 0 Å². The number of rotatable bonds is 7. The Morgan fingerprint density at radius 1 is 0.667 bits per heavy atom. The van der Waals surface area contributed by atoms with E-state index in [0.717, 1.165) is 43.9 Å². The van der Waals surface area contributed by atoms with Crippen molar-refractivity contribution in [3.63, 3.8) is 0 Å². The standard InChI is InChI=1S/C35H41N3O/c1-23-15-31(16-24(2)27(23)5)34-19-29(7-11-36-34)21-38-13-9-33(10-14-38)39-22-30-8-12-37-35(20-30)32-17-25(3)28(6)26(4)18-32/h7-8,11-12,15-20,33H,9-10,13-14,21-22H2,1-6H3. The van der Waals surface area contributed by atoms with Gasteiger partial charge in [-0.2, -0.15) is 0 Å². The van der Waals surface area contributed by atoms with Gasteiger partial charge in [0.15, 0.2) is 0 Å². The third-order valence-electron chi connectivity index (χ3n) is 8.52. The summed E-state index contributed by atoms with van der Waals surface area (Å²) in [6.45, 7) is 16.8. The van der Waals surface area contributed by atoms with E-state index in [9.17, 15) is 0 Å². The first kappa shape index (κ1) is 27.2. The van der Waals surface area contributed by atoms with Crippen molar-refractivity contribution in [3.05, 3.63) is 105 Å². The molecule has 202 valence electrons. The molecule has 39 heavy (non-hydrogen) atoms. The number of likely N-dealkylation sites (tertiary alicyclic amines) is 1. The summed E-state index contributed by atoms with van der Waals surface area (Å²) in [6.07, 6.45) is 6.27. The number of benzene rings is 2. The Hall–Kier alpha value is -3.34. The molecule has 1 aliphatic rings. The molecule has 2 aromatic heterocycles.